The van der Waals surface area contributed by atoms with E-state index in [4.69, 9.17) is 33.5 Å². The number of aromatic nitrogens is 2. The Labute approximate surface area is 109 Å². The zero-order chi connectivity index (χ0) is 12.4. The molecule has 1 heterocycles. The van der Waals surface area contributed by atoms with Crippen molar-refractivity contribution in [1.82, 2.24) is 10.1 Å². The van der Waals surface area contributed by atoms with Gasteiger partial charge >= 0.3 is 0 Å². The van der Waals surface area contributed by atoms with Gasteiger partial charge in [0.2, 0.25) is 0 Å². The van der Waals surface area contributed by atoms with Crippen LogP contribution in [0.2, 0.25) is 10.0 Å². The first-order valence-electron chi connectivity index (χ1n) is 5.19. The fraction of sp³-hybridized carbons (Fsp3) is 0.273. The first-order chi connectivity index (χ1) is 8.11. The van der Waals surface area contributed by atoms with E-state index in [0.29, 0.717) is 33.0 Å². The number of rotatable bonds is 3. The van der Waals surface area contributed by atoms with E-state index in [0.717, 1.165) is 12.8 Å². The summed E-state index contributed by atoms with van der Waals surface area (Å²) in [5, 5.41) is 4.62. The van der Waals surface area contributed by atoms with Crippen molar-refractivity contribution in [3.8, 4) is 11.5 Å². The SMILES string of the molecule is CCCc1noc(-c2cc(Cl)c(N)c(Cl)c2)n1. The second-order valence-corrected chi connectivity index (χ2v) is 4.43. The Kier molecular flexibility index (Phi) is 3.54. The van der Waals surface area contributed by atoms with Crippen LogP contribution in [0.5, 0.6) is 0 Å². The summed E-state index contributed by atoms with van der Waals surface area (Å²) >= 11 is 11.9. The molecule has 6 heteroatoms. The van der Waals surface area contributed by atoms with Crippen LogP contribution in [0.25, 0.3) is 11.5 Å². The van der Waals surface area contributed by atoms with Gasteiger partial charge < -0.3 is 10.3 Å². The molecule has 0 atom stereocenters. The first kappa shape index (κ1) is 12.2. The molecule has 0 amide bonds. The van der Waals surface area contributed by atoms with Crippen LogP contribution in [-0.2, 0) is 6.42 Å². The summed E-state index contributed by atoms with van der Waals surface area (Å²) in [7, 11) is 0. The molecule has 0 aliphatic heterocycles. The van der Waals surface area contributed by atoms with Crippen molar-refractivity contribution in [3.05, 3.63) is 28.0 Å². The smallest absolute Gasteiger partial charge is 0.258 e. The van der Waals surface area contributed by atoms with Gasteiger partial charge in [-0.1, -0.05) is 35.3 Å². The van der Waals surface area contributed by atoms with Gasteiger partial charge in [-0.3, -0.25) is 0 Å². The minimum Gasteiger partial charge on any atom is -0.396 e. The Balaban J connectivity index is 2.39. The lowest BCUT2D eigenvalue weighted by Gasteiger charge is -2.02. The van der Waals surface area contributed by atoms with Gasteiger partial charge in [0.25, 0.3) is 5.89 Å². The highest BCUT2D eigenvalue weighted by Crippen LogP contribution is 2.32. The second-order valence-electron chi connectivity index (χ2n) is 3.62. The number of nitrogens with zero attached hydrogens (tertiary/aromatic N) is 2. The van der Waals surface area contributed by atoms with Crippen LogP contribution < -0.4 is 5.73 Å². The van der Waals surface area contributed by atoms with Crippen molar-refractivity contribution >= 4 is 28.9 Å². The van der Waals surface area contributed by atoms with Crippen LogP contribution in [0.4, 0.5) is 5.69 Å². The lowest BCUT2D eigenvalue weighted by Crippen LogP contribution is -1.89. The summed E-state index contributed by atoms with van der Waals surface area (Å²) in [6.45, 7) is 2.05. The van der Waals surface area contributed by atoms with E-state index in [1.54, 1.807) is 12.1 Å². The minimum atomic E-state index is 0.352. The molecule has 0 saturated heterocycles. The quantitative estimate of drug-likeness (QED) is 0.867. The first-order valence-corrected chi connectivity index (χ1v) is 5.95. The lowest BCUT2D eigenvalue weighted by atomic mass is 10.2. The van der Waals surface area contributed by atoms with E-state index in [-0.39, 0.29) is 0 Å². The van der Waals surface area contributed by atoms with Gasteiger partial charge in [-0.2, -0.15) is 4.98 Å². The summed E-state index contributed by atoms with van der Waals surface area (Å²) in [4.78, 5) is 4.25. The molecule has 0 fully saturated rings. The molecule has 0 unspecified atom stereocenters. The molecule has 0 spiro atoms. The van der Waals surface area contributed by atoms with Crippen molar-refractivity contribution in [2.45, 2.75) is 19.8 Å². The number of hydrogen-bond acceptors (Lipinski definition) is 4. The van der Waals surface area contributed by atoms with Gasteiger partial charge in [0.05, 0.1) is 15.7 Å². The molecule has 17 heavy (non-hydrogen) atoms. The minimum absolute atomic E-state index is 0.352. The maximum Gasteiger partial charge on any atom is 0.258 e. The number of benzene rings is 1. The van der Waals surface area contributed by atoms with E-state index in [9.17, 15) is 0 Å². The Hall–Kier alpha value is -1.26. The van der Waals surface area contributed by atoms with Crippen molar-refractivity contribution in [2.24, 2.45) is 0 Å². The number of nitrogen functional groups attached to an aromatic ring is 1. The zero-order valence-electron chi connectivity index (χ0n) is 9.20. The zero-order valence-corrected chi connectivity index (χ0v) is 10.7. The summed E-state index contributed by atoms with van der Waals surface area (Å²) in [6, 6.07) is 3.32. The van der Waals surface area contributed by atoms with Gasteiger partial charge in [0.15, 0.2) is 5.82 Å². The highest BCUT2D eigenvalue weighted by Gasteiger charge is 2.12. The molecule has 0 aliphatic carbocycles. The molecule has 90 valence electrons. The van der Waals surface area contributed by atoms with Crippen LogP contribution in [0.3, 0.4) is 0 Å². The van der Waals surface area contributed by atoms with Gasteiger partial charge in [-0.25, -0.2) is 0 Å². The Morgan fingerprint density at radius 3 is 2.53 bits per heavy atom. The molecular weight excluding hydrogens is 261 g/mol. The van der Waals surface area contributed by atoms with Gasteiger partial charge in [-0.05, 0) is 18.6 Å². The van der Waals surface area contributed by atoms with Crippen molar-refractivity contribution in [3.63, 3.8) is 0 Å². The number of aryl methyl sites for hydroxylation is 1. The molecule has 4 nitrogen and oxygen atoms in total. The van der Waals surface area contributed by atoms with Crippen LogP contribution in [0.1, 0.15) is 19.2 Å². The molecule has 0 aliphatic rings. The molecule has 0 saturated carbocycles. The average Bonchev–Trinajstić information content (AvgIpc) is 2.74. The topological polar surface area (TPSA) is 64.9 Å². The maximum atomic E-state index is 5.94. The average molecular weight is 272 g/mol. The number of anilines is 1. The molecule has 1 aromatic heterocycles. The van der Waals surface area contributed by atoms with Gasteiger partial charge in [-0.15, -0.1) is 0 Å². The normalized spacial score (nSPS) is 10.8. The summed E-state index contributed by atoms with van der Waals surface area (Å²) in [5.41, 5.74) is 6.67. The molecule has 2 aromatic rings. The highest BCUT2D eigenvalue weighted by atomic mass is 35.5. The van der Waals surface area contributed by atoms with Crippen molar-refractivity contribution < 1.29 is 4.52 Å². The summed E-state index contributed by atoms with van der Waals surface area (Å²) in [6.07, 6.45) is 1.74. The van der Waals surface area contributed by atoms with Crippen LogP contribution in [0.15, 0.2) is 16.7 Å². The Bertz CT molecular complexity index is 516. The fourth-order valence-electron chi connectivity index (χ4n) is 1.40. The lowest BCUT2D eigenvalue weighted by molar-refractivity contribution is 0.422. The van der Waals surface area contributed by atoms with E-state index in [1.165, 1.54) is 0 Å². The molecule has 1 aromatic carbocycles. The maximum absolute atomic E-state index is 5.94. The Morgan fingerprint density at radius 2 is 1.94 bits per heavy atom. The number of hydrogen-bond donors (Lipinski definition) is 1. The summed E-state index contributed by atoms with van der Waals surface area (Å²) in [5.74, 6) is 1.07. The van der Waals surface area contributed by atoms with Gasteiger partial charge in [0, 0.05) is 12.0 Å². The predicted octanol–water partition coefficient (Wildman–Crippen LogP) is 3.58. The molecular formula is C11H11Cl2N3O. The van der Waals surface area contributed by atoms with Crippen LogP contribution >= 0.6 is 23.2 Å². The predicted molar refractivity (Wildman–Crippen MR) is 68.2 cm³/mol. The van der Waals surface area contributed by atoms with E-state index in [2.05, 4.69) is 10.1 Å². The van der Waals surface area contributed by atoms with Crippen LogP contribution in [0, 0.1) is 0 Å². The van der Waals surface area contributed by atoms with Crippen LogP contribution in [-0.4, -0.2) is 10.1 Å². The molecule has 0 radical (unpaired) electrons. The third-order valence-electron chi connectivity index (χ3n) is 2.27. The highest BCUT2D eigenvalue weighted by molar-refractivity contribution is 6.39. The standard InChI is InChI=1S/C11H11Cl2N3O/c1-2-3-9-15-11(17-16-9)6-4-7(12)10(14)8(13)5-6/h4-5H,2-3,14H2,1H3. The third-order valence-corrected chi connectivity index (χ3v) is 2.89. The van der Waals surface area contributed by atoms with E-state index < -0.39 is 0 Å². The van der Waals surface area contributed by atoms with E-state index in [1.807, 2.05) is 6.92 Å². The molecule has 2 N–H and O–H groups in total. The van der Waals surface area contributed by atoms with Gasteiger partial charge in [0.1, 0.15) is 0 Å². The third kappa shape index (κ3) is 2.53. The molecule has 2 rings (SSSR count). The Morgan fingerprint density at radius 1 is 1.29 bits per heavy atom. The van der Waals surface area contributed by atoms with E-state index >= 15 is 0 Å². The number of halogens is 2. The monoisotopic (exact) mass is 271 g/mol. The van der Waals surface area contributed by atoms with Crippen molar-refractivity contribution in [1.29, 1.82) is 0 Å². The van der Waals surface area contributed by atoms with Crippen molar-refractivity contribution in [2.75, 3.05) is 5.73 Å². The second kappa shape index (κ2) is 4.94. The largest absolute Gasteiger partial charge is 0.396 e. The molecule has 0 bridgehead atoms. The summed E-state index contributed by atoms with van der Waals surface area (Å²) < 4.78 is 5.13. The number of nitrogens with two attached hydrogens (primary N) is 1. The fourth-order valence-corrected chi connectivity index (χ4v) is 1.89.